The lowest BCUT2D eigenvalue weighted by Gasteiger charge is -2.37. The van der Waals surface area contributed by atoms with Gasteiger partial charge in [-0.1, -0.05) is 18.2 Å². The van der Waals surface area contributed by atoms with Crippen molar-refractivity contribution in [1.29, 1.82) is 0 Å². The summed E-state index contributed by atoms with van der Waals surface area (Å²) in [6, 6.07) is 19.0. The fraction of sp³-hybridized carbons (Fsp3) is 0.333. The molecule has 0 spiro atoms. The molecule has 0 bridgehead atoms. The Kier molecular flexibility index (Phi) is 7.17. The first-order chi connectivity index (χ1) is 16.6. The zero-order valence-corrected chi connectivity index (χ0v) is 21.5. The smallest absolute Gasteiger partial charge is 0.261 e. The molecule has 2 N–H and O–H groups in total. The molecule has 8 heteroatoms. The van der Waals surface area contributed by atoms with Crippen molar-refractivity contribution in [2.75, 3.05) is 43.9 Å². The van der Waals surface area contributed by atoms with E-state index in [1.54, 1.807) is 36.4 Å². The summed E-state index contributed by atoms with van der Waals surface area (Å²) in [4.78, 5) is 4.39. The summed E-state index contributed by atoms with van der Waals surface area (Å²) in [7, 11) is 2.31. The Morgan fingerprint density at radius 2 is 1.69 bits per heavy atom. The molecule has 3 aromatic carbocycles. The van der Waals surface area contributed by atoms with Crippen LogP contribution in [0.25, 0.3) is 0 Å². The molecule has 0 aliphatic carbocycles. The van der Waals surface area contributed by atoms with Crippen LogP contribution in [0.3, 0.4) is 0 Å². The number of hydrogen-bond acceptors (Lipinski definition) is 5. The predicted octanol–water partition coefficient (Wildman–Crippen LogP) is 4.19. The van der Waals surface area contributed by atoms with Crippen molar-refractivity contribution in [2.24, 2.45) is 0 Å². The fourth-order valence-corrected chi connectivity index (χ4v) is 5.54. The van der Waals surface area contributed by atoms with Gasteiger partial charge in [0, 0.05) is 31.5 Å². The van der Waals surface area contributed by atoms with Gasteiger partial charge in [-0.2, -0.15) is 0 Å². The molecule has 0 saturated heterocycles. The Bertz CT molecular complexity index is 1280. The van der Waals surface area contributed by atoms with E-state index < -0.39 is 10.0 Å². The maximum atomic E-state index is 13.2. The van der Waals surface area contributed by atoms with Gasteiger partial charge in [-0.25, -0.2) is 12.8 Å². The Morgan fingerprint density at radius 1 is 1.00 bits per heavy atom. The van der Waals surface area contributed by atoms with Gasteiger partial charge in [-0.3, -0.25) is 9.62 Å². The first-order valence-electron chi connectivity index (χ1n) is 11.7. The second-order valence-electron chi connectivity index (χ2n) is 9.55. The molecule has 186 valence electrons. The number of rotatable bonds is 7. The number of nitrogens with one attached hydrogen (secondary N) is 2. The van der Waals surface area contributed by atoms with Crippen LogP contribution in [0.4, 0.5) is 15.8 Å². The number of anilines is 2. The van der Waals surface area contributed by atoms with Crippen LogP contribution < -0.4 is 14.9 Å². The highest BCUT2D eigenvalue weighted by molar-refractivity contribution is 7.92. The van der Waals surface area contributed by atoms with Gasteiger partial charge >= 0.3 is 0 Å². The number of nitrogens with zero attached hydrogens (tertiary/aromatic N) is 2. The van der Waals surface area contributed by atoms with Gasteiger partial charge in [0.15, 0.2) is 0 Å². The normalized spacial score (nSPS) is 18.1. The molecule has 1 heterocycles. The molecule has 6 nitrogen and oxygen atoms in total. The summed E-state index contributed by atoms with van der Waals surface area (Å²) in [5, 5.41) is 3.49. The Labute approximate surface area is 207 Å². The van der Waals surface area contributed by atoms with E-state index in [2.05, 4.69) is 36.0 Å². The topological polar surface area (TPSA) is 64.7 Å². The Balaban J connectivity index is 1.49. The number of halogens is 1. The van der Waals surface area contributed by atoms with Crippen molar-refractivity contribution in [3.63, 3.8) is 0 Å². The van der Waals surface area contributed by atoms with E-state index in [0.29, 0.717) is 12.2 Å². The molecule has 1 unspecified atom stereocenters. The van der Waals surface area contributed by atoms with E-state index >= 15 is 0 Å². The van der Waals surface area contributed by atoms with Crippen LogP contribution in [0.5, 0.6) is 0 Å². The van der Waals surface area contributed by atoms with Crippen LogP contribution in [-0.2, 0) is 28.5 Å². The summed E-state index contributed by atoms with van der Waals surface area (Å²) in [5.41, 5.74) is 4.59. The van der Waals surface area contributed by atoms with Crippen LogP contribution >= 0.6 is 0 Å². The maximum absolute atomic E-state index is 13.2. The number of fused-ring (bicyclic) bond motifs is 1. The van der Waals surface area contributed by atoms with Crippen molar-refractivity contribution in [2.45, 2.75) is 30.3 Å². The molecule has 0 aromatic heterocycles. The lowest BCUT2D eigenvalue weighted by molar-refractivity contribution is 0.173. The minimum absolute atomic E-state index is 0.167. The molecule has 4 rings (SSSR count). The van der Waals surface area contributed by atoms with Crippen LogP contribution in [-0.4, -0.2) is 47.6 Å². The van der Waals surface area contributed by atoms with Crippen LogP contribution in [0, 0.1) is 5.82 Å². The zero-order chi connectivity index (χ0) is 25.2. The summed E-state index contributed by atoms with van der Waals surface area (Å²) in [6.45, 7) is 4.45. The van der Waals surface area contributed by atoms with E-state index in [1.807, 2.05) is 30.1 Å². The molecule has 0 amide bonds. The highest BCUT2D eigenvalue weighted by atomic mass is 32.2. The van der Waals surface area contributed by atoms with Crippen molar-refractivity contribution < 1.29 is 12.8 Å². The summed E-state index contributed by atoms with van der Waals surface area (Å²) in [6.07, 6.45) is 0.838. The van der Waals surface area contributed by atoms with Crippen LogP contribution in [0.15, 0.2) is 71.6 Å². The van der Waals surface area contributed by atoms with Crippen LogP contribution in [0.1, 0.15) is 23.6 Å². The molecule has 35 heavy (non-hydrogen) atoms. The molecular weight excluding hydrogens is 463 g/mol. The minimum Gasteiger partial charge on any atom is -0.370 e. The van der Waals surface area contributed by atoms with Gasteiger partial charge in [0.2, 0.25) is 0 Å². The Morgan fingerprint density at radius 3 is 2.34 bits per heavy atom. The van der Waals surface area contributed by atoms with Crippen LogP contribution in [0.2, 0.25) is 0 Å². The van der Waals surface area contributed by atoms with E-state index in [1.165, 1.54) is 17.7 Å². The van der Waals surface area contributed by atoms with E-state index in [9.17, 15) is 12.8 Å². The second-order valence-corrected chi connectivity index (χ2v) is 11.2. The lowest BCUT2D eigenvalue weighted by Crippen LogP contribution is -2.45. The molecule has 3 aromatic rings. The van der Waals surface area contributed by atoms with Gasteiger partial charge in [0.1, 0.15) is 5.82 Å². The monoisotopic (exact) mass is 496 g/mol. The van der Waals surface area contributed by atoms with Gasteiger partial charge in [-0.05, 0) is 99.2 Å². The lowest BCUT2D eigenvalue weighted by atomic mass is 9.87. The van der Waals surface area contributed by atoms with Crippen molar-refractivity contribution in [3.8, 4) is 0 Å². The quantitative estimate of drug-likeness (QED) is 0.514. The molecular formula is C27H33FN4O2S. The number of benzene rings is 3. The minimum atomic E-state index is -3.73. The first kappa shape index (κ1) is 25.2. The second kappa shape index (κ2) is 9.97. The third-order valence-electron chi connectivity index (χ3n) is 6.89. The molecule has 1 aliphatic rings. The van der Waals surface area contributed by atoms with Gasteiger partial charge in [0.25, 0.3) is 10.0 Å². The number of sulfonamides is 1. The highest BCUT2D eigenvalue weighted by Crippen LogP contribution is 2.33. The maximum Gasteiger partial charge on any atom is 0.261 e. The van der Waals surface area contributed by atoms with E-state index in [4.69, 9.17) is 0 Å². The SMILES string of the molecule is CN(Cc1ccc(S(=O)(=O)Nc2ccc3c(c2)CCNCC3(C)N(C)C)cc1)c1ccc(F)cc1. The third kappa shape index (κ3) is 5.50. The van der Waals surface area contributed by atoms with Crippen molar-refractivity contribution >= 4 is 21.4 Å². The zero-order valence-electron chi connectivity index (χ0n) is 20.7. The molecule has 0 radical (unpaired) electrons. The number of hydrogen-bond donors (Lipinski definition) is 2. The average molecular weight is 497 g/mol. The third-order valence-corrected chi connectivity index (χ3v) is 8.28. The predicted molar refractivity (Wildman–Crippen MR) is 140 cm³/mol. The summed E-state index contributed by atoms with van der Waals surface area (Å²) >= 11 is 0. The fourth-order valence-electron chi connectivity index (χ4n) is 4.49. The van der Waals surface area contributed by atoms with Crippen molar-refractivity contribution in [3.05, 3.63) is 89.2 Å². The van der Waals surface area contributed by atoms with E-state index in [0.717, 1.165) is 36.3 Å². The number of likely N-dealkylation sites (N-methyl/N-ethyl adjacent to an activating group) is 1. The van der Waals surface area contributed by atoms with Gasteiger partial charge < -0.3 is 10.2 Å². The molecule has 0 saturated carbocycles. The average Bonchev–Trinajstić information content (AvgIpc) is 2.99. The standard InChI is InChI=1S/C27H33FN4O2S/c1-27(31(2)3)19-29-16-15-21-17-23(9-14-26(21)27)30-35(33,34)25-12-5-20(6-13-25)18-32(4)24-10-7-22(28)8-11-24/h5-14,17,29-30H,15-16,18-19H2,1-4H3. The molecule has 1 atom stereocenters. The first-order valence-corrected chi connectivity index (χ1v) is 13.2. The largest absolute Gasteiger partial charge is 0.370 e. The summed E-state index contributed by atoms with van der Waals surface area (Å²) in [5.74, 6) is -0.276. The molecule has 1 aliphatic heterocycles. The van der Waals surface area contributed by atoms with E-state index in [-0.39, 0.29) is 16.3 Å². The van der Waals surface area contributed by atoms with Gasteiger partial charge in [-0.15, -0.1) is 0 Å². The Hall–Kier alpha value is -2.94. The van der Waals surface area contributed by atoms with Gasteiger partial charge in [0.05, 0.1) is 10.4 Å². The summed E-state index contributed by atoms with van der Waals surface area (Å²) < 4.78 is 42.1. The highest BCUT2D eigenvalue weighted by Gasteiger charge is 2.33. The van der Waals surface area contributed by atoms with Crippen molar-refractivity contribution in [1.82, 2.24) is 10.2 Å². The molecule has 0 fully saturated rings.